The quantitative estimate of drug-likeness (QED) is 0.754. The molecule has 4 nitrogen and oxygen atoms in total. The molecule has 6 heteroatoms. The molecular formula is C15H22ClFN2O2. The molecule has 1 rings (SSSR count). The standard InChI is InChI=1S/C15H22ClFN2O2/c1-9(2)13(20)7-8-18-15(21)19-10(3)14-11(16)5-4-6-12(14)17/h4-6,9-10,13,20H,7-8H2,1-3H3,(H2,18,19,21). The highest BCUT2D eigenvalue weighted by molar-refractivity contribution is 6.31. The third kappa shape index (κ3) is 5.52. The van der Waals surface area contributed by atoms with Crippen LogP contribution in [0.2, 0.25) is 5.02 Å². The molecule has 0 spiro atoms. The van der Waals surface area contributed by atoms with Gasteiger partial charge in [0.2, 0.25) is 0 Å². The summed E-state index contributed by atoms with van der Waals surface area (Å²) in [5, 5.41) is 15.2. The Morgan fingerprint density at radius 1 is 1.38 bits per heavy atom. The molecule has 0 fully saturated rings. The van der Waals surface area contributed by atoms with Crippen LogP contribution in [0.15, 0.2) is 18.2 Å². The zero-order chi connectivity index (χ0) is 16.0. The topological polar surface area (TPSA) is 61.4 Å². The van der Waals surface area contributed by atoms with E-state index < -0.39 is 24.0 Å². The van der Waals surface area contributed by atoms with E-state index in [1.54, 1.807) is 13.0 Å². The molecule has 2 amide bonds. The second-order valence-electron chi connectivity index (χ2n) is 5.36. The SMILES string of the molecule is CC(NC(=O)NCCC(O)C(C)C)c1c(F)cccc1Cl. The number of benzene rings is 1. The van der Waals surface area contributed by atoms with Crippen LogP contribution < -0.4 is 10.6 Å². The van der Waals surface area contributed by atoms with Crippen LogP contribution in [0.5, 0.6) is 0 Å². The van der Waals surface area contributed by atoms with Crippen molar-refractivity contribution >= 4 is 17.6 Å². The third-order valence-corrected chi connectivity index (χ3v) is 3.61. The summed E-state index contributed by atoms with van der Waals surface area (Å²) >= 11 is 5.94. The molecule has 21 heavy (non-hydrogen) atoms. The normalized spacial score (nSPS) is 13.9. The van der Waals surface area contributed by atoms with Crippen LogP contribution in [0.3, 0.4) is 0 Å². The highest BCUT2D eigenvalue weighted by Gasteiger charge is 2.17. The van der Waals surface area contributed by atoms with Gasteiger partial charge in [0, 0.05) is 17.1 Å². The van der Waals surface area contributed by atoms with Gasteiger partial charge in [-0.3, -0.25) is 0 Å². The Labute approximate surface area is 129 Å². The summed E-state index contributed by atoms with van der Waals surface area (Å²) in [5.41, 5.74) is 0.261. The fourth-order valence-electron chi connectivity index (χ4n) is 1.91. The van der Waals surface area contributed by atoms with Crippen LogP contribution in [0.1, 0.15) is 38.8 Å². The lowest BCUT2D eigenvalue weighted by atomic mass is 10.0. The van der Waals surface area contributed by atoms with Gasteiger partial charge >= 0.3 is 6.03 Å². The summed E-state index contributed by atoms with van der Waals surface area (Å²) in [6.07, 6.45) is 0.0173. The Morgan fingerprint density at radius 2 is 2.05 bits per heavy atom. The van der Waals surface area contributed by atoms with E-state index in [9.17, 15) is 14.3 Å². The molecule has 118 valence electrons. The van der Waals surface area contributed by atoms with E-state index in [1.807, 2.05) is 13.8 Å². The molecule has 0 saturated heterocycles. The number of carbonyl (C=O) groups is 1. The van der Waals surface area contributed by atoms with Gasteiger partial charge in [-0.05, 0) is 31.4 Å². The molecule has 1 aromatic rings. The van der Waals surface area contributed by atoms with Gasteiger partial charge in [-0.25, -0.2) is 9.18 Å². The van der Waals surface area contributed by atoms with E-state index in [4.69, 9.17) is 11.6 Å². The van der Waals surface area contributed by atoms with Crippen molar-refractivity contribution in [2.24, 2.45) is 5.92 Å². The van der Waals surface area contributed by atoms with E-state index in [-0.39, 0.29) is 16.5 Å². The van der Waals surface area contributed by atoms with Gasteiger partial charge in [0.15, 0.2) is 0 Å². The van der Waals surface area contributed by atoms with Crippen LogP contribution in [0, 0.1) is 11.7 Å². The molecule has 0 aliphatic heterocycles. The van der Waals surface area contributed by atoms with Gasteiger partial charge in [-0.2, -0.15) is 0 Å². The zero-order valence-corrected chi connectivity index (χ0v) is 13.2. The lowest BCUT2D eigenvalue weighted by molar-refractivity contribution is 0.116. The van der Waals surface area contributed by atoms with Crippen molar-refractivity contribution in [1.82, 2.24) is 10.6 Å². The third-order valence-electron chi connectivity index (χ3n) is 3.28. The maximum absolute atomic E-state index is 13.7. The predicted octanol–water partition coefficient (Wildman–Crippen LogP) is 3.25. The highest BCUT2D eigenvalue weighted by atomic mass is 35.5. The average molecular weight is 317 g/mol. The number of urea groups is 1. The van der Waals surface area contributed by atoms with E-state index in [0.29, 0.717) is 13.0 Å². The van der Waals surface area contributed by atoms with Gasteiger partial charge in [0.05, 0.1) is 12.1 Å². The number of aliphatic hydroxyl groups is 1. The van der Waals surface area contributed by atoms with Crippen LogP contribution in [-0.4, -0.2) is 23.8 Å². The number of amides is 2. The molecule has 2 unspecified atom stereocenters. The predicted molar refractivity (Wildman–Crippen MR) is 81.8 cm³/mol. The summed E-state index contributed by atoms with van der Waals surface area (Å²) in [6.45, 7) is 5.83. The molecule has 0 aliphatic rings. The second kappa shape index (κ2) is 8.20. The van der Waals surface area contributed by atoms with Crippen LogP contribution >= 0.6 is 11.6 Å². The van der Waals surface area contributed by atoms with Crippen molar-refractivity contribution in [1.29, 1.82) is 0 Å². The summed E-state index contributed by atoms with van der Waals surface area (Å²) in [4.78, 5) is 11.7. The molecular weight excluding hydrogens is 295 g/mol. The minimum Gasteiger partial charge on any atom is -0.393 e. The van der Waals surface area contributed by atoms with Crippen LogP contribution in [0.25, 0.3) is 0 Å². The van der Waals surface area contributed by atoms with E-state index in [1.165, 1.54) is 12.1 Å². The number of hydrogen-bond donors (Lipinski definition) is 3. The minimum absolute atomic E-state index is 0.144. The van der Waals surface area contributed by atoms with Gasteiger partial charge in [-0.1, -0.05) is 31.5 Å². The number of halogens is 2. The molecule has 2 atom stereocenters. The molecule has 3 N–H and O–H groups in total. The highest BCUT2D eigenvalue weighted by Crippen LogP contribution is 2.25. The number of aliphatic hydroxyl groups excluding tert-OH is 1. The summed E-state index contributed by atoms with van der Waals surface area (Å²) in [6, 6.07) is 3.43. The Hall–Kier alpha value is -1.33. The molecule has 0 aromatic heterocycles. The van der Waals surface area contributed by atoms with E-state index in [0.717, 1.165) is 0 Å². The lowest BCUT2D eigenvalue weighted by Crippen LogP contribution is -2.39. The largest absolute Gasteiger partial charge is 0.393 e. The molecule has 0 saturated carbocycles. The van der Waals surface area contributed by atoms with Gasteiger partial charge in [0.1, 0.15) is 5.82 Å². The van der Waals surface area contributed by atoms with Crippen molar-refractivity contribution < 1.29 is 14.3 Å². The Kier molecular flexibility index (Phi) is 6.92. The van der Waals surface area contributed by atoms with Gasteiger partial charge in [-0.15, -0.1) is 0 Å². The van der Waals surface area contributed by atoms with Gasteiger partial charge < -0.3 is 15.7 Å². The number of rotatable bonds is 6. The van der Waals surface area contributed by atoms with Crippen molar-refractivity contribution in [2.75, 3.05) is 6.54 Å². The van der Waals surface area contributed by atoms with Crippen LogP contribution in [0.4, 0.5) is 9.18 Å². The van der Waals surface area contributed by atoms with Crippen molar-refractivity contribution in [3.8, 4) is 0 Å². The Morgan fingerprint density at radius 3 is 2.62 bits per heavy atom. The Bertz CT molecular complexity index is 462. The molecule has 0 heterocycles. The molecule has 0 bridgehead atoms. The van der Waals surface area contributed by atoms with Crippen molar-refractivity contribution in [3.63, 3.8) is 0 Å². The van der Waals surface area contributed by atoms with Gasteiger partial charge in [0.25, 0.3) is 0 Å². The monoisotopic (exact) mass is 316 g/mol. The first-order valence-corrected chi connectivity index (χ1v) is 7.37. The van der Waals surface area contributed by atoms with Crippen molar-refractivity contribution in [3.05, 3.63) is 34.6 Å². The Balaban J connectivity index is 2.48. The fraction of sp³-hybridized carbons (Fsp3) is 0.533. The second-order valence-corrected chi connectivity index (χ2v) is 5.76. The van der Waals surface area contributed by atoms with E-state index >= 15 is 0 Å². The first-order valence-electron chi connectivity index (χ1n) is 6.99. The first-order chi connectivity index (χ1) is 9.82. The summed E-state index contributed by atoms with van der Waals surface area (Å²) in [5.74, 6) is -0.309. The van der Waals surface area contributed by atoms with Crippen molar-refractivity contribution in [2.45, 2.75) is 39.3 Å². The maximum atomic E-state index is 13.7. The summed E-state index contributed by atoms with van der Waals surface area (Å²) in [7, 11) is 0. The maximum Gasteiger partial charge on any atom is 0.315 e. The molecule has 1 aromatic carbocycles. The number of hydrogen-bond acceptors (Lipinski definition) is 2. The van der Waals surface area contributed by atoms with E-state index in [2.05, 4.69) is 10.6 Å². The number of carbonyl (C=O) groups excluding carboxylic acids is 1. The number of nitrogens with one attached hydrogen (secondary N) is 2. The average Bonchev–Trinajstić information content (AvgIpc) is 2.37. The smallest absolute Gasteiger partial charge is 0.315 e. The summed E-state index contributed by atoms with van der Waals surface area (Å²) < 4.78 is 13.7. The minimum atomic E-state index is -0.547. The lowest BCUT2D eigenvalue weighted by Gasteiger charge is -2.18. The molecule has 0 radical (unpaired) electrons. The van der Waals surface area contributed by atoms with Crippen LogP contribution in [-0.2, 0) is 0 Å². The fourth-order valence-corrected chi connectivity index (χ4v) is 2.24. The zero-order valence-electron chi connectivity index (χ0n) is 12.5. The molecule has 0 aliphatic carbocycles. The first kappa shape index (κ1) is 17.7.